The minimum absolute atomic E-state index is 0.0514. The van der Waals surface area contributed by atoms with E-state index < -0.39 is 6.10 Å². The Labute approximate surface area is 118 Å². The molecular formula is C16H18N2O2. The minimum Gasteiger partial charge on any atom is -0.388 e. The van der Waals surface area contributed by atoms with Gasteiger partial charge in [0.1, 0.15) is 0 Å². The number of pyridine rings is 1. The van der Waals surface area contributed by atoms with Crippen molar-refractivity contribution in [1.82, 2.24) is 10.3 Å². The predicted octanol–water partition coefficient (Wildman–Crippen LogP) is 2.13. The van der Waals surface area contributed by atoms with Crippen LogP contribution in [0.3, 0.4) is 0 Å². The number of aliphatic hydroxyl groups excluding tert-OH is 1. The summed E-state index contributed by atoms with van der Waals surface area (Å²) in [6.45, 7) is 2.28. The van der Waals surface area contributed by atoms with Gasteiger partial charge in [-0.1, -0.05) is 36.4 Å². The molecule has 0 bridgehead atoms. The fourth-order valence-electron chi connectivity index (χ4n) is 1.93. The van der Waals surface area contributed by atoms with Crippen LogP contribution in [0.2, 0.25) is 0 Å². The molecule has 4 nitrogen and oxygen atoms in total. The van der Waals surface area contributed by atoms with E-state index in [0.717, 1.165) is 17.0 Å². The molecule has 104 valence electrons. The lowest BCUT2D eigenvalue weighted by molar-refractivity contribution is -0.123. The van der Waals surface area contributed by atoms with E-state index in [4.69, 9.17) is 0 Å². The normalized spacial score (nSPS) is 11.9. The Morgan fingerprint density at radius 1 is 1.20 bits per heavy atom. The molecule has 2 N–H and O–H groups in total. The first-order valence-electron chi connectivity index (χ1n) is 6.57. The highest BCUT2D eigenvalue weighted by molar-refractivity contribution is 5.76. The van der Waals surface area contributed by atoms with Crippen molar-refractivity contribution < 1.29 is 9.90 Å². The highest BCUT2D eigenvalue weighted by atomic mass is 16.3. The number of amides is 1. The second kappa shape index (κ2) is 6.82. The third kappa shape index (κ3) is 4.17. The summed E-state index contributed by atoms with van der Waals surface area (Å²) >= 11 is 0. The summed E-state index contributed by atoms with van der Waals surface area (Å²) in [6, 6.07) is 14.8. The van der Waals surface area contributed by atoms with Crippen molar-refractivity contribution in [2.24, 2.45) is 0 Å². The van der Waals surface area contributed by atoms with Crippen LogP contribution in [0.25, 0.3) is 0 Å². The fourth-order valence-corrected chi connectivity index (χ4v) is 1.93. The molecule has 1 aromatic heterocycles. The molecule has 1 heterocycles. The van der Waals surface area contributed by atoms with Gasteiger partial charge in [0.25, 0.3) is 0 Å². The first kappa shape index (κ1) is 14.2. The van der Waals surface area contributed by atoms with Crippen molar-refractivity contribution in [3.05, 3.63) is 65.5 Å². The number of aromatic nitrogens is 1. The average molecular weight is 270 g/mol. The molecule has 0 aliphatic carbocycles. The number of aliphatic hydroxyl groups is 1. The minimum atomic E-state index is -0.776. The predicted molar refractivity (Wildman–Crippen MR) is 76.8 cm³/mol. The topological polar surface area (TPSA) is 62.2 Å². The summed E-state index contributed by atoms with van der Waals surface area (Å²) in [5.41, 5.74) is 2.48. The third-order valence-corrected chi connectivity index (χ3v) is 2.98. The molecule has 0 aliphatic heterocycles. The Morgan fingerprint density at radius 3 is 2.65 bits per heavy atom. The van der Waals surface area contributed by atoms with E-state index in [-0.39, 0.29) is 12.3 Å². The van der Waals surface area contributed by atoms with Crippen LogP contribution in [0.4, 0.5) is 0 Å². The van der Waals surface area contributed by atoms with Gasteiger partial charge in [-0.25, -0.2) is 0 Å². The molecule has 1 amide bonds. The molecule has 0 aliphatic rings. The molecule has 1 unspecified atom stereocenters. The van der Waals surface area contributed by atoms with Crippen molar-refractivity contribution in [2.75, 3.05) is 0 Å². The lowest BCUT2D eigenvalue weighted by Crippen LogP contribution is -2.25. The van der Waals surface area contributed by atoms with Crippen LogP contribution in [-0.4, -0.2) is 16.0 Å². The second-order valence-electron chi connectivity index (χ2n) is 4.68. The van der Waals surface area contributed by atoms with E-state index in [9.17, 15) is 9.90 Å². The number of hydrogen-bond acceptors (Lipinski definition) is 3. The zero-order valence-corrected chi connectivity index (χ0v) is 11.4. The van der Waals surface area contributed by atoms with Crippen molar-refractivity contribution in [1.29, 1.82) is 0 Å². The maximum atomic E-state index is 11.8. The standard InChI is InChI=1S/C16H18N2O2/c1-12-6-5-9-14(18-12)11-17-16(20)10-15(19)13-7-3-2-4-8-13/h2-9,15,19H,10-11H2,1H3,(H,17,20). The number of rotatable bonds is 5. The number of carbonyl (C=O) groups is 1. The third-order valence-electron chi connectivity index (χ3n) is 2.98. The van der Waals surface area contributed by atoms with Gasteiger partial charge < -0.3 is 10.4 Å². The van der Waals surface area contributed by atoms with Crippen molar-refractivity contribution in [3.63, 3.8) is 0 Å². The van der Waals surface area contributed by atoms with Crippen molar-refractivity contribution in [3.8, 4) is 0 Å². The molecule has 0 saturated heterocycles. The Balaban J connectivity index is 1.84. The highest BCUT2D eigenvalue weighted by Gasteiger charge is 2.12. The molecule has 2 rings (SSSR count). The largest absolute Gasteiger partial charge is 0.388 e. The van der Waals surface area contributed by atoms with E-state index in [1.54, 1.807) is 12.1 Å². The number of benzene rings is 1. The lowest BCUT2D eigenvalue weighted by Gasteiger charge is -2.11. The van der Waals surface area contributed by atoms with Crippen LogP contribution < -0.4 is 5.32 Å². The summed E-state index contributed by atoms with van der Waals surface area (Å²) in [5.74, 6) is -0.190. The highest BCUT2D eigenvalue weighted by Crippen LogP contribution is 2.15. The summed E-state index contributed by atoms with van der Waals surface area (Å²) in [4.78, 5) is 16.1. The van der Waals surface area contributed by atoms with Crippen LogP contribution in [0.1, 0.15) is 29.5 Å². The van der Waals surface area contributed by atoms with E-state index in [1.165, 1.54) is 0 Å². The van der Waals surface area contributed by atoms with Gasteiger partial charge in [0.15, 0.2) is 0 Å². The van der Waals surface area contributed by atoms with Crippen molar-refractivity contribution in [2.45, 2.75) is 26.0 Å². The van der Waals surface area contributed by atoms with E-state index in [1.807, 2.05) is 43.3 Å². The van der Waals surface area contributed by atoms with Gasteiger partial charge >= 0.3 is 0 Å². The van der Waals surface area contributed by atoms with Crippen LogP contribution in [0.15, 0.2) is 48.5 Å². The fraction of sp³-hybridized carbons (Fsp3) is 0.250. The molecule has 0 fully saturated rings. The van der Waals surface area contributed by atoms with Crippen molar-refractivity contribution >= 4 is 5.91 Å². The number of carbonyl (C=O) groups excluding carboxylic acids is 1. The second-order valence-corrected chi connectivity index (χ2v) is 4.68. The average Bonchev–Trinajstić information content (AvgIpc) is 2.46. The van der Waals surface area contributed by atoms with Gasteiger partial charge in [-0.05, 0) is 24.6 Å². The Bertz CT molecular complexity index is 570. The Morgan fingerprint density at radius 2 is 1.95 bits per heavy atom. The lowest BCUT2D eigenvalue weighted by atomic mass is 10.1. The molecule has 1 aromatic carbocycles. The molecule has 0 radical (unpaired) electrons. The Hall–Kier alpha value is -2.20. The number of nitrogens with one attached hydrogen (secondary N) is 1. The maximum Gasteiger partial charge on any atom is 0.223 e. The SMILES string of the molecule is Cc1cccc(CNC(=O)CC(O)c2ccccc2)n1. The van der Waals surface area contributed by atoms with Crippen LogP contribution in [0, 0.1) is 6.92 Å². The van der Waals surface area contributed by atoms with Gasteiger partial charge in [-0.3, -0.25) is 9.78 Å². The van der Waals surface area contributed by atoms with Crippen LogP contribution in [-0.2, 0) is 11.3 Å². The summed E-state index contributed by atoms with van der Waals surface area (Å²) in [5, 5.41) is 12.7. The van der Waals surface area contributed by atoms with Gasteiger partial charge in [0.2, 0.25) is 5.91 Å². The van der Waals surface area contributed by atoms with E-state index >= 15 is 0 Å². The van der Waals surface area contributed by atoms with Crippen LogP contribution in [0.5, 0.6) is 0 Å². The zero-order chi connectivity index (χ0) is 14.4. The van der Waals surface area contributed by atoms with E-state index in [2.05, 4.69) is 10.3 Å². The Kier molecular flexibility index (Phi) is 4.85. The van der Waals surface area contributed by atoms with Gasteiger partial charge in [-0.15, -0.1) is 0 Å². The van der Waals surface area contributed by atoms with E-state index in [0.29, 0.717) is 6.54 Å². The van der Waals surface area contributed by atoms with Gasteiger partial charge in [0.05, 0.1) is 24.8 Å². The molecule has 2 aromatic rings. The molecule has 1 atom stereocenters. The number of nitrogens with zero attached hydrogens (tertiary/aromatic N) is 1. The monoisotopic (exact) mass is 270 g/mol. The molecule has 0 saturated carbocycles. The quantitative estimate of drug-likeness (QED) is 0.875. The number of aryl methyl sites for hydroxylation is 1. The maximum absolute atomic E-state index is 11.8. The molecule has 0 spiro atoms. The molecule has 20 heavy (non-hydrogen) atoms. The summed E-state index contributed by atoms with van der Waals surface area (Å²) < 4.78 is 0. The molecular weight excluding hydrogens is 252 g/mol. The number of hydrogen-bond donors (Lipinski definition) is 2. The van der Waals surface area contributed by atoms with Gasteiger partial charge in [0, 0.05) is 5.69 Å². The first-order valence-corrected chi connectivity index (χ1v) is 6.57. The molecule has 4 heteroatoms. The summed E-state index contributed by atoms with van der Waals surface area (Å²) in [6.07, 6.45) is -0.725. The smallest absolute Gasteiger partial charge is 0.223 e. The first-order chi connectivity index (χ1) is 9.65. The summed E-state index contributed by atoms with van der Waals surface area (Å²) in [7, 11) is 0. The van der Waals surface area contributed by atoms with Gasteiger partial charge in [-0.2, -0.15) is 0 Å². The zero-order valence-electron chi connectivity index (χ0n) is 11.4. The van der Waals surface area contributed by atoms with Crippen LogP contribution >= 0.6 is 0 Å².